The Morgan fingerprint density at radius 1 is 0.971 bits per heavy atom. The van der Waals surface area contributed by atoms with E-state index in [-0.39, 0.29) is 17.1 Å². The predicted octanol–water partition coefficient (Wildman–Crippen LogP) is 5.00. The third kappa shape index (κ3) is 6.08. The maximum absolute atomic E-state index is 13.9. The largest absolute Gasteiger partial charge is 0.480 e. The number of hydrogen-bond acceptors (Lipinski definition) is 3. The second-order valence-corrected chi connectivity index (χ2v) is 7.78. The van der Waals surface area contributed by atoms with E-state index in [1.54, 1.807) is 55.5 Å². The molecule has 34 heavy (non-hydrogen) atoms. The molecule has 0 aliphatic carbocycles. The van der Waals surface area contributed by atoms with Crippen LogP contribution in [0.4, 0.5) is 25.0 Å². The Labute approximate surface area is 198 Å². The molecule has 0 radical (unpaired) electrons. The van der Waals surface area contributed by atoms with Crippen LogP contribution in [0.15, 0.2) is 60.7 Å². The number of para-hydroxylation sites is 1. The number of hydrogen-bond donors (Lipinski definition) is 4. The molecule has 0 heterocycles. The van der Waals surface area contributed by atoms with Crippen LogP contribution in [0.5, 0.6) is 0 Å². The Hall–Kier alpha value is -3.98. The van der Waals surface area contributed by atoms with Crippen molar-refractivity contribution in [1.29, 1.82) is 0 Å². The Morgan fingerprint density at radius 3 is 2.29 bits per heavy atom. The summed E-state index contributed by atoms with van der Waals surface area (Å²) in [5.74, 6) is -4.97. The second kappa shape index (κ2) is 10.8. The van der Waals surface area contributed by atoms with E-state index in [0.29, 0.717) is 28.9 Å². The molecule has 0 aliphatic heterocycles. The predicted molar refractivity (Wildman–Crippen MR) is 124 cm³/mol. The first-order valence-electron chi connectivity index (χ1n) is 10.1. The van der Waals surface area contributed by atoms with Gasteiger partial charge in [0.2, 0.25) is 0 Å². The molecule has 0 bridgehead atoms. The highest BCUT2D eigenvalue weighted by Crippen LogP contribution is 2.26. The summed E-state index contributed by atoms with van der Waals surface area (Å²) in [4.78, 5) is 37.0. The number of carboxylic acid groups (broad SMARTS) is 1. The van der Waals surface area contributed by atoms with E-state index in [2.05, 4.69) is 16.0 Å². The number of benzene rings is 3. The summed E-state index contributed by atoms with van der Waals surface area (Å²) in [6.07, 6.45) is -0.0411. The fraction of sp³-hybridized carbons (Fsp3) is 0.125. The molecule has 3 aromatic carbocycles. The van der Waals surface area contributed by atoms with Crippen LogP contribution in [-0.2, 0) is 11.2 Å². The van der Waals surface area contributed by atoms with Crippen molar-refractivity contribution in [2.45, 2.75) is 19.4 Å². The molecule has 0 saturated heterocycles. The van der Waals surface area contributed by atoms with Gasteiger partial charge in [0, 0.05) is 12.5 Å². The standard InChI is InChI=1S/C24H20ClF2N3O4/c1-13-6-5-9-16(25)21(13)30-24(34)29-19-12-18(27)17(26)11-15(19)22(31)28-20(23(32)33)10-14-7-3-2-4-8-14/h2-9,11-12,20H,10H2,1H3,(H,28,31)(H,32,33)(H2,29,30,34)/t20-/m0/s1. The number of carbonyl (C=O) groups is 3. The third-order valence-electron chi connectivity index (χ3n) is 4.90. The van der Waals surface area contributed by atoms with E-state index in [1.165, 1.54) is 0 Å². The molecule has 4 N–H and O–H groups in total. The minimum atomic E-state index is -1.35. The van der Waals surface area contributed by atoms with E-state index in [1.807, 2.05) is 0 Å². The zero-order chi connectivity index (χ0) is 24.8. The van der Waals surface area contributed by atoms with Crippen molar-refractivity contribution in [1.82, 2.24) is 5.32 Å². The molecule has 3 rings (SSSR count). The highest BCUT2D eigenvalue weighted by molar-refractivity contribution is 6.34. The Balaban J connectivity index is 1.83. The van der Waals surface area contributed by atoms with Gasteiger partial charge < -0.3 is 21.1 Å². The van der Waals surface area contributed by atoms with E-state index < -0.39 is 41.1 Å². The quantitative estimate of drug-likeness (QED) is 0.376. The maximum Gasteiger partial charge on any atom is 0.326 e. The van der Waals surface area contributed by atoms with Gasteiger partial charge in [0.1, 0.15) is 6.04 Å². The molecule has 0 unspecified atom stereocenters. The molecule has 3 amide bonds. The number of amides is 3. The fourth-order valence-electron chi connectivity index (χ4n) is 3.18. The molecule has 0 fully saturated rings. The molecule has 10 heteroatoms. The second-order valence-electron chi connectivity index (χ2n) is 7.38. The lowest BCUT2D eigenvalue weighted by atomic mass is 10.0. The first kappa shape index (κ1) is 24.7. The zero-order valence-electron chi connectivity index (χ0n) is 17.9. The number of anilines is 2. The SMILES string of the molecule is Cc1cccc(Cl)c1NC(=O)Nc1cc(F)c(F)cc1C(=O)N[C@@H](Cc1ccccc1)C(=O)O. The molecule has 0 spiro atoms. The molecule has 7 nitrogen and oxygen atoms in total. The van der Waals surface area contributed by atoms with Crippen LogP contribution in [0.2, 0.25) is 5.02 Å². The summed E-state index contributed by atoms with van der Waals surface area (Å²) >= 11 is 6.09. The van der Waals surface area contributed by atoms with Gasteiger partial charge >= 0.3 is 12.0 Å². The summed E-state index contributed by atoms with van der Waals surface area (Å²) in [6.45, 7) is 1.71. The number of urea groups is 1. The van der Waals surface area contributed by atoms with Gasteiger partial charge in [0.25, 0.3) is 5.91 Å². The summed E-state index contributed by atoms with van der Waals surface area (Å²) in [5.41, 5.74) is 0.778. The van der Waals surface area contributed by atoms with Crippen molar-refractivity contribution in [3.05, 3.63) is 94.0 Å². The number of carbonyl (C=O) groups excluding carboxylic acids is 2. The van der Waals surface area contributed by atoms with Gasteiger partial charge in [-0.05, 0) is 30.2 Å². The van der Waals surface area contributed by atoms with Gasteiger partial charge in [-0.2, -0.15) is 0 Å². The fourth-order valence-corrected chi connectivity index (χ4v) is 3.45. The van der Waals surface area contributed by atoms with Crippen molar-refractivity contribution in [3.8, 4) is 0 Å². The van der Waals surface area contributed by atoms with Gasteiger partial charge in [0.05, 0.1) is 22.0 Å². The van der Waals surface area contributed by atoms with Gasteiger partial charge in [-0.15, -0.1) is 0 Å². The first-order valence-corrected chi connectivity index (χ1v) is 10.4. The molecule has 0 aliphatic rings. The highest BCUT2D eigenvalue weighted by Gasteiger charge is 2.24. The number of carboxylic acids is 1. The third-order valence-corrected chi connectivity index (χ3v) is 5.21. The minimum Gasteiger partial charge on any atom is -0.480 e. The lowest BCUT2D eigenvalue weighted by molar-refractivity contribution is -0.139. The topological polar surface area (TPSA) is 108 Å². The van der Waals surface area contributed by atoms with Crippen LogP contribution < -0.4 is 16.0 Å². The number of halogens is 3. The normalized spacial score (nSPS) is 11.4. The summed E-state index contributed by atoms with van der Waals surface area (Å²) < 4.78 is 27.8. The van der Waals surface area contributed by atoms with Gasteiger partial charge in [-0.25, -0.2) is 18.4 Å². The average molecular weight is 488 g/mol. The van der Waals surface area contributed by atoms with E-state index in [4.69, 9.17) is 11.6 Å². The van der Waals surface area contributed by atoms with Gasteiger partial charge in [-0.1, -0.05) is 54.1 Å². The van der Waals surface area contributed by atoms with Crippen LogP contribution >= 0.6 is 11.6 Å². The van der Waals surface area contributed by atoms with Crippen LogP contribution in [-0.4, -0.2) is 29.1 Å². The van der Waals surface area contributed by atoms with Crippen molar-refractivity contribution in [2.75, 3.05) is 10.6 Å². The molecule has 0 aromatic heterocycles. The number of aliphatic carboxylic acids is 1. The van der Waals surface area contributed by atoms with Gasteiger partial charge in [0.15, 0.2) is 11.6 Å². The first-order chi connectivity index (χ1) is 16.2. The van der Waals surface area contributed by atoms with Crippen LogP contribution in [0.3, 0.4) is 0 Å². The summed E-state index contributed by atoms with van der Waals surface area (Å²) in [7, 11) is 0. The van der Waals surface area contributed by atoms with Crippen molar-refractivity contribution in [2.24, 2.45) is 0 Å². The van der Waals surface area contributed by atoms with Crippen LogP contribution in [0.1, 0.15) is 21.5 Å². The van der Waals surface area contributed by atoms with Crippen LogP contribution in [0, 0.1) is 18.6 Å². The van der Waals surface area contributed by atoms with E-state index in [0.717, 1.165) is 0 Å². The molecule has 3 aromatic rings. The number of nitrogens with one attached hydrogen (secondary N) is 3. The lowest BCUT2D eigenvalue weighted by Gasteiger charge is -2.17. The molecular weight excluding hydrogens is 468 g/mol. The molecule has 1 atom stereocenters. The number of rotatable bonds is 7. The average Bonchev–Trinajstić information content (AvgIpc) is 2.78. The van der Waals surface area contributed by atoms with Crippen molar-refractivity contribution in [3.63, 3.8) is 0 Å². The number of aryl methyl sites for hydroxylation is 1. The molecular formula is C24H20ClF2N3O4. The van der Waals surface area contributed by atoms with E-state index in [9.17, 15) is 28.3 Å². The Kier molecular flexibility index (Phi) is 7.80. The summed E-state index contributed by atoms with van der Waals surface area (Å²) in [6, 6.07) is 12.5. The minimum absolute atomic E-state index is 0.0411. The maximum atomic E-state index is 13.9. The monoisotopic (exact) mass is 487 g/mol. The Bertz CT molecular complexity index is 1220. The van der Waals surface area contributed by atoms with Crippen LogP contribution in [0.25, 0.3) is 0 Å². The van der Waals surface area contributed by atoms with Crippen molar-refractivity contribution < 1.29 is 28.3 Å². The lowest BCUT2D eigenvalue weighted by Crippen LogP contribution is -2.42. The van der Waals surface area contributed by atoms with Crippen molar-refractivity contribution >= 4 is 40.9 Å². The molecule has 176 valence electrons. The zero-order valence-corrected chi connectivity index (χ0v) is 18.6. The smallest absolute Gasteiger partial charge is 0.326 e. The molecule has 0 saturated carbocycles. The summed E-state index contributed by atoms with van der Waals surface area (Å²) in [5, 5.41) is 16.8. The van der Waals surface area contributed by atoms with Gasteiger partial charge in [-0.3, -0.25) is 4.79 Å². The highest BCUT2D eigenvalue weighted by atomic mass is 35.5. The Morgan fingerprint density at radius 2 is 1.65 bits per heavy atom. The van der Waals surface area contributed by atoms with E-state index >= 15 is 0 Å².